The number of carbonyl (C=O) groups is 4. The zero-order valence-electron chi connectivity index (χ0n) is 34.1. The van der Waals surface area contributed by atoms with Crippen molar-refractivity contribution in [3.63, 3.8) is 0 Å². The van der Waals surface area contributed by atoms with Crippen LogP contribution < -0.4 is 0 Å². The Morgan fingerprint density at radius 1 is 0.678 bits per heavy atom. The molecule has 2 saturated heterocycles. The number of benzene rings is 2. The van der Waals surface area contributed by atoms with Gasteiger partial charge in [0.1, 0.15) is 23.7 Å². The number of hydrogen-bond donors (Lipinski definition) is 1. The Balaban J connectivity index is 0.000000225. The summed E-state index contributed by atoms with van der Waals surface area (Å²) in [5.41, 5.74) is 2.08. The molecular formula is C46H55ClN2O8S2. The van der Waals surface area contributed by atoms with Crippen molar-refractivity contribution in [2.24, 2.45) is 23.7 Å². The maximum absolute atomic E-state index is 13.2. The largest absolute Gasteiger partial charge is 0.459 e. The normalized spacial score (nSPS) is 23.9. The van der Waals surface area contributed by atoms with E-state index in [0.29, 0.717) is 36.1 Å². The molecule has 2 aliphatic heterocycles. The number of esters is 1. The highest BCUT2D eigenvalue weighted by molar-refractivity contribution is 7.14. The molecule has 316 valence electrons. The highest BCUT2D eigenvalue weighted by Crippen LogP contribution is 2.34. The summed E-state index contributed by atoms with van der Waals surface area (Å²) in [6.07, 6.45) is 2.38. The average Bonchev–Trinajstić information content (AvgIpc) is 4.00. The smallest absolute Gasteiger partial charge is 0.348 e. The number of carbonyl (C=O) groups excluding carboxylic acids is 4. The topological polar surface area (TPSA) is 123 Å². The molecule has 2 amide bonds. The van der Waals surface area contributed by atoms with Crippen LogP contribution in [0.3, 0.4) is 0 Å². The highest BCUT2D eigenvalue weighted by atomic mass is 35.5. The zero-order chi connectivity index (χ0) is 42.9. The van der Waals surface area contributed by atoms with E-state index in [1.807, 2.05) is 91.3 Å². The summed E-state index contributed by atoms with van der Waals surface area (Å²) >= 11 is 7.81. The van der Waals surface area contributed by atoms with Gasteiger partial charge in [0.05, 0.1) is 36.8 Å². The SMILES string of the molecule is C=CCN1C(=O)C(OCc2ccccc2)C(C)C(C)C1CO.C=CCN1C(=O)C(OCc2ccccc2)C(C)C(C)C1COC(=O)c1cccs1.O=C(Cl)c1cccs1. The molecule has 0 aliphatic carbocycles. The Hall–Kier alpha value is -4.43. The van der Waals surface area contributed by atoms with E-state index in [9.17, 15) is 24.3 Å². The minimum atomic E-state index is -0.533. The van der Waals surface area contributed by atoms with Gasteiger partial charge in [0.2, 0.25) is 0 Å². The summed E-state index contributed by atoms with van der Waals surface area (Å²) in [5, 5.41) is 12.9. The second kappa shape index (κ2) is 24.0. The lowest BCUT2D eigenvalue weighted by Crippen LogP contribution is -2.60. The van der Waals surface area contributed by atoms with Gasteiger partial charge in [-0.1, -0.05) is 113 Å². The third-order valence-electron chi connectivity index (χ3n) is 10.9. The maximum Gasteiger partial charge on any atom is 0.348 e. The number of piperidine rings is 2. The van der Waals surface area contributed by atoms with Crippen LogP contribution in [0, 0.1) is 23.7 Å². The van der Waals surface area contributed by atoms with E-state index in [1.165, 1.54) is 22.7 Å². The van der Waals surface area contributed by atoms with Crippen LogP contribution in [-0.4, -0.2) is 88.5 Å². The first-order valence-corrected chi connectivity index (χ1v) is 21.8. The number of amides is 2. The van der Waals surface area contributed by atoms with E-state index in [4.69, 9.17) is 25.8 Å². The molecule has 1 N–H and O–H groups in total. The monoisotopic (exact) mass is 862 g/mol. The Labute approximate surface area is 361 Å². The number of ether oxygens (including phenoxy) is 3. The van der Waals surface area contributed by atoms with Crippen LogP contribution in [0.2, 0.25) is 0 Å². The van der Waals surface area contributed by atoms with E-state index in [1.54, 1.807) is 40.2 Å². The zero-order valence-corrected chi connectivity index (χ0v) is 36.5. The van der Waals surface area contributed by atoms with Gasteiger partial charge in [-0.2, -0.15) is 0 Å². The van der Waals surface area contributed by atoms with Gasteiger partial charge >= 0.3 is 5.97 Å². The molecule has 0 bridgehead atoms. The molecule has 0 radical (unpaired) electrons. The van der Waals surface area contributed by atoms with Crippen molar-refractivity contribution in [3.05, 3.63) is 142 Å². The molecule has 2 aromatic carbocycles. The van der Waals surface area contributed by atoms with E-state index in [-0.39, 0.29) is 72.0 Å². The van der Waals surface area contributed by atoms with Crippen molar-refractivity contribution in [1.29, 1.82) is 0 Å². The fourth-order valence-corrected chi connectivity index (χ4v) is 8.51. The van der Waals surface area contributed by atoms with Gasteiger partial charge in [-0.15, -0.1) is 35.8 Å². The molecule has 2 aliphatic rings. The third kappa shape index (κ3) is 13.0. The number of aliphatic hydroxyl groups excluding tert-OH is 1. The Bertz CT molecular complexity index is 1910. The first kappa shape index (κ1) is 47.3. The number of hydrogen-bond acceptors (Lipinski definition) is 10. The van der Waals surface area contributed by atoms with Crippen LogP contribution in [0.25, 0.3) is 0 Å². The molecule has 0 saturated carbocycles. The van der Waals surface area contributed by atoms with Crippen molar-refractivity contribution in [3.8, 4) is 0 Å². The van der Waals surface area contributed by atoms with E-state index < -0.39 is 12.2 Å². The van der Waals surface area contributed by atoms with Crippen molar-refractivity contribution in [1.82, 2.24) is 9.80 Å². The number of aliphatic hydroxyl groups is 1. The molecular weight excluding hydrogens is 808 g/mol. The first-order valence-electron chi connectivity index (χ1n) is 19.6. The number of likely N-dealkylation sites (tertiary alicyclic amines) is 2. The summed E-state index contributed by atoms with van der Waals surface area (Å²) in [7, 11) is 0. The second-order valence-electron chi connectivity index (χ2n) is 14.6. The summed E-state index contributed by atoms with van der Waals surface area (Å²) < 4.78 is 17.5. The standard InChI is InChI=1S/C23H27NO4S.C18H25NO3.C5H3ClOS/c1-4-12-24-19(15-28-23(26)20-11-8-13-29-20)16(2)17(3)21(22(24)25)27-14-18-9-6-5-7-10-18;1-4-10-19-16(11-20)13(2)14(3)17(18(19)21)22-12-15-8-6-5-7-9-15;6-5(7)4-2-1-3-8-4/h4-11,13,16-17,19,21H,1,12,14-15H2,2-3H3;4-9,13-14,16-17,20H,1,10-12H2,2-3H3;1-3H. The fraction of sp³-hybridized carbons (Fsp3) is 0.391. The fourth-order valence-electron chi connectivity index (χ4n) is 7.14. The predicted octanol–water partition coefficient (Wildman–Crippen LogP) is 8.52. The molecule has 13 heteroatoms. The van der Waals surface area contributed by atoms with Gasteiger partial charge in [-0.25, -0.2) is 4.79 Å². The van der Waals surface area contributed by atoms with Crippen molar-refractivity contribution >= 4 is 57.3 Å². The van der Waals surface area contributed by atoms with Crippen LogP contribution in [-0.2, 0) is 37.0 Å². The molecule has 8 atom stereocenters. The van der Waals surface area contributed by atoms with Crippen molar-refractivity contribution in [2.45, 2.75) is 65.2 Å². The summed E-state index contributed by atoms with van der Waals surface area (Å²) in [6.45, 7) is 17.4. The lowest BCUT2D eigenvalue weighted by atomic mass is 9.80. The lowest BCUT2D eigenvalue weighted by Gasteiger charge is -2.46. The van der Waals surface area contributed by atoms with Crippen LogP contribution >= 0.6 is 34.3 Å². The second-order valence-corrected chi connectivity index (χ2v) is 16.8. The molecule has 6 rings (SSSR count). The van der Waals surface area contributed by atoms with Crippen molar-refractivity contribution in [2.75, 3.05) is 26.3 Å². The van der Waals surface area contributed by atoms with Gasteiger partial charge in [0.25, 0.3) is 17.1 Å². The summed E-state index contributed by atoms with van der Waals surface area (Å²) in [4.78, 5) is 53.0. The third-order valence-corrected chi connectivity index (χ3v) is 12.9. The molecule has 4 heterocycles. The molecule has 59 heavy (non-hydrogen) atoms. The Kier molecular flexibility index (Phi) is 19.2. The molecule has 8 unspecified atom stereocenters. The lowest BCUT2D eigenvalue weighted by molar-refractivity contribution is -0.165. The summed E-state index contributed by atoms with van der Waals surface area (Å²) in [6, 6.07) is 26.3. The van der Waals surface area contributed by atoms with Gasteiger partial charge < -0.3 is 29.1 Å². The molecule has 2 aromatic heterocycles. The Morgan fingerprint density at radius 2 is 1.12 bits per heavy atom. The molecule has 2 fully saturated rings. The number of halogens is 1. The highest BCUT2D eigenvalue weighted by Gasteiger charge is 2.46. The number of thiophene rings is 2. The number of rotatable bonds is 15. The van der Waals surface area contributed by atoms with Crippen molar-refractivity contribution < 1.29 is 38.5 Å². The van der Waals surface area contributed by atoms with Crippen LogP contribution in [0.15, 0.2) is 121 Å². The van der Waals surface area contributed by atoms with E-state index in [0.717, 1.165) is 11.1 Å². The average molecular weight is 864 g/mol. The molecule has 4 aromatic rings. The van der Waals surface area contributed by atoms with E-state index in [2.05, 4.69) is 27.0 Å². The Morgan fingerprint density at radius 3 is 1.51 bits per heavy atom. The minimum Gasteiger partial charge on any atom is -0.459 e. The van der Waals surface area contributed by atoms with Gasteiger partial charge in [-0.3, -0.25) is 14.4 Å². The van der Waals surface area contributed by atoms with Crippen LogP contribution in [0.5, 0.6) is 0 Å². The predicted molar refractivity (Wildman–Crippen MR) is 234 cm³/mol. The van der Waals surface area contributed by atoms with Crippen LogP contribution in [0.1, 0.15) is 58.2 Å². The van der Waals surface area contributed by atoms with Crippen LogP contribution in [0.4, 0.5) is 0 Å². The maximum atomic E-state index is 13.2. The first-order chi connectivity index (χ1) is 28.4. The van der Waals surface area contributed by atoms with Gasteiger partial charge in [0.15, 0.2) is 0 Å². The number of nitrogens with zero attached hydrogens (tertiary/aromatic N) is 2. The molecule has 0 spiro atoms. The summed E-state index contributed by atoms with van der Waals surface area (Å²) in [5.74, 6) is -0.155. The molecule has 10 nitrogen and oxygen atoms in total. The van der Waals surface area contributed by atoms with E-state index >= 15 is 0 Å². The minimum absolute atomic E-state index is 0.00211. The van der Waals surface area contributed by atoms with Gasteiger partial charge in [-0.05, 0) is 69.3 Å². The quantitative estimate of drug-likeness (QED) is 0.0718. The van der Waals surface area contributed by atoms with Gasteiger partial charge in [0, 0.05) is 13.1 Å².